The summed E-state index contributed by atoms with van der Waals surface area (Å²) in [6, 6.07) is 0. The maximum absolute atomic E-state index is 11.1. The topological polar surface area (TPSA) is 40.1 Å². The first-order valence-corrected chi connectivity index (χ1v) is 6.28. The van der Waals surface area contributed by atoms with Gasteiger partial charge < -0.3 is 9.90 Å². The predicted octanol–water partition coefficient (Wildman–Crippen LogP) is -0.0928. The molecule has 2 nitrogen and oxygen atoms in total. The van der Waals surface area contributed by atoms with Gasteiger partial charge in [-0.05, 0) is 12.8 Å². The molecule has 0 spiro atoms. The fourth-order valence-electron chi connectivity index (χ4n) is 1.86. The summed E-state index contributed by atoms with van der Waals surface area (Å²) in [6.07, 6.45) is 8.07. The van der Waals surface area contributed by atoms with Gasteiger partial charge >= 0.3 is 29.6 Å². The molecule has 16 heavy (non-hydrogen) atoms. The van der Waals surface area contributed by atoms with Crippen LogP contribution in [-0.2, 0) is 4.79 Å². The van der Waals surface area contributed by atoms with Gasteiger partial charge in [0.15, 0.2) is 0 Å². The molecule has 0 aromatic rings. The molecular formula is C13H25NaO2. The van der Waals surface area contributed by atoms with Gasteiger partial charge in [0.05, 0.1) is 0 Å². The first kappa shape index (κ1) is 18.8. The Hall–Kier alpha value is 0.470. The molecule has 0 bridgehead atoms. The molecule has 0 unspecified atom stereocenters. The van der Waals surface area contributed by atoms with Crippen LogP contribution in [0, 0.1) is 5.41 Å². The third-order valence-electron chi connectivity index (χ3n) is 3.16. The van der Waals surface area contributed by atoms with Crippen molar-refractivity contribution in [3.05, 3.63) is 0 Å². The number of hydrogen-bond donors (Lipinski definition) is 0. The summed E-state index contributed by atoms with van der Waals surface area (Å²) in [5.74, 6) is -0.866. The van der Waals surface area contributed by atoms with E-state index in [0.29, 0.717) is 0 Å². The summed E-state index contributed by atoms with van der Waals surface area (Å²) < 4.78 is 0. The van der Waals surface area contributed by atoms with Crippen molar-refractivity contribution in [2.24, 2.45) is 5.41 Å². The van der Waals surface area contributed by atoms with Crippen LogP contribution in [0.5, 0.6) is 0 Å². The zero-order valence-electron chi connectivity index (χ0n) is 11.5. The van der Waals surface area contributed by atoms with Crippen molar-refractivity contribution in [1.29, 1.82) is 0 Å². The molecule has 0 aliphatic rings. The Bertz CT molecular complexity index is 171. The Morgan fingerprint density at radius 1 is 1.00 bits per heavy atom. The average molecular weight is 236 g/mol. The van der Waals surface area contributed by atoms with Crippen molar-refractivity contribution < 1.29 is 39.5 Å². The minimum Gasteiger partial charge on any atom is -0.550 e. The number of unbranched alkanes of at least 4 members (excludes halogenated alkanes) is 4. The third kappa shape index (κ3) is 7.70. The minimum absolute atomic E-state index is 0. The Kier molecular flexibility index (Phi) is 12.5. The molecule has 0 aromatic heterocycles. The largest absolute Gasteiger partial charge is 1.00 e. The Morgan fingerprint density at radius 3 is 1.62 bits per heavy atom. The number of carboxylic acids is 1. The van der Waals surface area contributed by atoms with Crippen LogP contribution in [0.1, 0.15) is 72.1 Å². The molecule has 0 saturated heterocycles. The molecule has 0 fully saturated rings. The zero-order valence-corrected chi connectivity index (χ0v) is 13.5. The second-order valence-electron chi connectivity index (χ2n) is 4.76. The summed E-state index contributed by atoms with van der Waals surface area (Å²) in [6.45, 7) is 6.11. The standard InChI is InChI=1S/C13H26O2.Na/c1-4-6-8-10-13(3,12(14)15)11-9-7-5-2;/h4-11H2,1-3H3,(H,14,15);/q;+1/p-1. The van der Waals surface area contributed by atoms with Crippen LogP contribution in [-0.4, -0.2) is 5.97 Å². The second-order valence-corrected chi connectivity index (χ2v) is 4.76. The first-order chi connectivity index (χ1) is 7.06. The molecule has 3 heteroatoms. The van der Waals surface area contributed by atoms with E-state index in [1.54, 1.807) is 0 Å². The molecule has 0 N–H and O–H groups in total. The summed E-state index contributed by atoms with van der Waals surface area (Å²) in [5.41, 5.74) is -0.593. The van der Waals surface area contributed by atoms with E-state index < -0.39 is 11.4 Å². The summed E-state index contributed by atoms with van der Waals surface area (Å²) in [5, 5.41) is 11.1. The number of hydrogen-bond acceptors (Lipinski definition) is 2. The van der Waals surface area contributed by atoms with Crippen LogP contribution in [0.4, 0.5) is 0 Å². The zero-order chi connectivity index (χ0) is 11.7. The molecule has 0 amide bonds. The van der Waals surface area contributed by atoms with Crippen molar-refractivity contribution >= 4 is 5.97 Å². The SMILES string of the molecule is CCCCCC(C)(CCCCC)C(=O)[O-].[Na+]. The van der Waals surface area contributed by atoms with Crippen LogP contribution in [0.3, 0.4) is 0 Å². The fourth-order valence-corrected chi connectivity index (χ4v) is 1.86. The van der Waals surface area contributed by atoms with Crippen LogP contribution >= 0.6 is 0 Å². The molecule has 0 radical (unpaired) electrons. The van der Waals surface area contributed by atoms with E-state index in [-0.39, 0.29) is 29.6 Å². The summed E-state index contributed by atoms with van der Waals surface area (Å²) >= 11 is 0. The molecule has 0 atom stereocenters. The van der Waals surface area contributed by atoms with Crippen molar-refractivity contribution in [3.8, 4) is 0 Å². The Balaban J connectivity index is 0. The molecule has 0 saturated carbocycles. The molecule has 0 heterocycles. The number of carboxylic acid groups (broad SMARTS) is 1. The van der Waals surface area contributed by atoms with Gasteiger partial charge in [-0.25, -0.2) is 0 Å². The van der Waals surface area contributed by atoms with E-state index in [2.05, 4.69) is 13.8 Å². The van der Waals surface area contributed by atoms with Gasteiger partial charge in [0.25, 0.3) is 0 Å². The van der Waals surface area contributed by atoms with Gasteiger partial charge in [0, 0.05) is 11.4 Å². The van der Waals surface area contributed by atoms with E-state index in [4.69, 9.17) is 0 Å². The fraction of sp³-hybridized carbons (Fsp3) is 0.923. The van der Waals surface area contributed by atoms with E-state index in [9.17, 15) is 9.90 Å². The summed E-state index contributed by atoms with van der Waals surface area (Å²) in [7, 11) is 0. The van der Waals surface area contributed by atoms with Gasteiger partial charge in [-0.2, -0.15) is 0 Å². The van der Waals surface area contributed by atoms with Crippen LogP contribution < -0.4 is 34.7 Å². The molecule has 0 aliphatic heterocycles. The monoisotopic (exact) mass is 236 g/mol. The quantitative estimate of drug-likeness (QED) is 0.414. The van der Waals surface area contributed by atoms with E-state index in [1.165, 1.54) is 0 Å². The number of carbonyl (C=O) groups is 1. The van der Waals surface area contributed by atoms with Crippen molar-refractivity contribution in [2.45, 2.75) is 72.1 Å². The van der Waals surface area contributed by atoms with Gasteiger partial charge in [-0.3, -0.25) is 0 Å². The van der Waals surface area contributed by atoms with Gasteiger partial charge in [-0.15, -0.1) is 0 Å². The Morgan fingerprint density at radius 2 is 1.38 bits per heavy atom. The first-order valence-electron chi connectivity index (χ1n) is 6.28. The van der Waals surface area contributed by atoms with E-state index in [1.807, 2.05) is 6.92 Å². The Labute approximate surface area is 122 Å². The van der Waals surface area contributed by atoms with Crippen LogP contribution in [0.2, 0.25) is 0 Å². The summed E-state index contributed by atoms with van der Waals surface area (Å²) in [4.78, 5) is 11.1. The molecular weight excluding hydrogens is 211 g/mol. The van der Waals surface area contributed by atoms with E-state index >= 15 is 0 Å². The molecule has 0 aromatic carbocycles. The molecule has 0 rings (SSSR count). The number of rotatable bonds is 9. The van der Waals surface area contributed by atoms with E-state index in [0.717, 1.165) is 51.4 Å². The molecule has 0 aliphatic carbocycles. The maximum atomic E-state index is 11.1. The smallest absolute Gasteiger partial charge is 0.550 e. The predicted molar refractivity (Wildman–Crippen MR) is 61.4 cm³/mol. The van der Waals surface area contributed by atoms with Gasteiger partial charge in [-0.1, -0.05) is 59.3 Å². The van der Waals surface area contributed by atoms with Gasteiger partial charge in [0.1, 0.15) is 0 Å². The minimum atomic E-state index is -0.866. The van der Waals surface area contributed by atoms with Crippen molar-refractivity contribution in [1.82, 2.24) is 0 Å². The van der Waals surface area contributed by atoms with Crippen LogP contribution in [0.15, 0.2) is 0 Å². The third-order valence-corrected chi connectivity index (χ3v) is 3.16. The second kappa shape index (κ2) is 10.6. The maximum Gasteiger partial charge on any atom is 1.00 e. The van der Waals surface area contributed by atoms with Crippen LogP contribution in [0.25, 0.3) is 0 Å². The molecule has 90 valence electrons. The average Bonchev–Trinajstić information content (AvgIpc) is 2.18. The van der Waals surface area contributed by atoms with Crippen molar-refractivity contribution in [2.75, 3.05) is 0 Å². The van der Waals surface area contributed by atoms with Crippen molar-refractivity contribution in [3.63, 3.8) is 0 Å². The van der Waals surface area contributed by atoms with Gasteiger partial charge in [0.2, 0.25) is 0 Å². The normalized spacial score (nSPS) is 10.9. The number of aliphatic carboxylic acids is 1. The number of carbonyl (C=O) groups excluding carboxylic acids is 1.